The van der Waals surface area contributed by atoms with Crippen LogP contribution in [0.25, 0.3) is 10.9 Å². The Morgan fingerprint density at radius 1 is 1.27 bits per heavy atom. The van der Waals surface area contributed by atoms with E-state index >= 15 is 0 Å². The third-order valence-electron chi connectivity index (χ3n) is 5.79. The molecule has 1 saturated carbocycles. The van der Waals surface area contributed by atoms with E-state index in [0.717, 1.165) is 36.6 Å². The molecule has 1 unspecified atom stereocenters. The van der Waals surface area contributed by atoms with Gasteiger partial charge >= 0.3 is 0 Å². The molecule has 1 aliphatic carbocycles. The molecule has 0 radical (unpaired) electrons. The van der Waals surface area contributed by atoms with E-state index in [2.05, 4.69) is 4.98 Å². The SMILES string of the molecule is COc1ccc2ncc3c(c2c1)C(=O)C([C@H]1CC[C@H](C(N)=O)CC1)CO3. The van der Waals surface area contributed by atoms with Crippen molar-refractivity contribution in [2.45, 2.75) is 25.7 Å². The third-order valence-corrected chi connectivity index (χ3v) is 5.79. The molecule has 1 amide bonds. The number of primary amides is 1. The number of benzene rings is 1. The van der Waals surface area contributed by atoms with Crippen LogP contribution in [0.4, 0.5) is 0 Å². The first-order chi connectivity index (χ1) is 12.6. The first-order valence-electron chi connectivity index (χ1n) is 9.01. The van der Waals surface area contributed by atoms with E-state index in [1.807, 2.05) is 18.2 Å². The Balaban J connectivity index is 1.65. The number of ketones is 1. The highest BCUT2D eigenvalue weighted by Crippen LogP contribution is 2.40. The summed E-state index contributed by atoms with van der Waals surface area (Å²) >= 11 is 0. The zero-order valence-electron chi connectivity index (χ0n) is 14.7. The predicted molar refractivity (Wildman–Crippen MR) is 96.3 cm³/mol. The standard InChI is InChI=1S/C20H22N2O4/c1-25-13-6-7-16-14(8-13)18-17(9-22-16)26-10-15(19(18)23)11-2-4-12(5-3-11)20(21)24/h6-9,11-12,15H,2-5,10H2,1H3,(H2,21,24)/t11-,12-,15?. The van der Waals surface area contributed by atoms with Gasteiger partial charge in [0.05, 0.1) is 36.9 Å². The van der Waals surface area contributed by atoms with Gasteiger partial charge in [-0.1, -0.05) is 0 Å². The van der Waals surface area contributed by atoms with Crippen molar-refractivity contribution in [3.63, 3.8) is 0 Å². The maximum Gasteiger partial charge on any atom is 0.220 e. The highest BCUT2D eigenvalue weighted by molar-refractivity contribution is 6.11. The number of methoxy groups -OCH3 is 1. The molecule has 1 aromatic heterocycles. The largest absolute Gasteiger partial charge is 0.497 e. The number of nitrogens with two attached hydrogens (primary N) is 1. The monoisotopic (exact) mass is 354 g/mol. The van der Waals surface area contributed by atoms with Crippen molar-refractivity contribution in [2.75, 3.05) is 13.7 Å². The number of amides is 1. The number of aromatic nitrogens is 1. The van der Waals surface area contributed by atoms with Gasteiger partial charge in [0.1, 0.15) is 11.5 Å². The lowest BCUT2D eigenvalue weighted by atomic mass is 9.73. The quantitative estimate of drug-likeness (QED) is 0.915. The lowest BCUT2D eigenvalue weighted by Gasteiger charge is -2.34. The molecule has 136 valence electrons. The average molecular weight is 354 g/mol. The van der Waals surface area contributed by atoms with Gasteiger partial charge in [-0.25, -0.2) is 0 Å². The Hall–Kier alpha value is -2.63. The summed E-state index contributed by atoms with van der Waals surface area (Å²) in [5, 5.41) is 0.766. The minimum absolute atomic E-state index is 0.0626. The number of pyridine rings is 1. The lowest BCUT2D eigenvalue weighted by Crippen LogP contribution is -2.37. The van der Waals surface area contributed by atoms with E-state index in [4.69, 9.17) is 15.2 Å². The van der Waals surface area contributed by atoms with Crippen LogP contribution in [0.3, 0.4) is 0 Å². The average Bonchev–Trinajstić information content (AvgIpc) is 2.67. The van der Waals surface area contributed by atoms with Crippen LogP contribution in [-0.2, 0) is 4.79 Å². The normalized spacial score (nSPS) is 25.4. The second-order valence-corrected chi connectivity index (χ2v) is 7.18. The molecule has 0 saturated heterocycles. The van der Waals surface area contributed by atoms with Crippen LogP contribution in [0.1, 0.15) is 36.0 Å². The summed E-state index contributed by atoms with van der Waals surface area (Å²) in [6.07, 6.45) is 4.79. The number of ether oxygens (including phenoxy) is 2. The zero-order valence-corrected chi connectivity index (χ0v) is 14.7. The Morgan fingerprint density at radius 3 is 2.73 bits per heavy atom. The summed E-state index contributed by atoms with van der Waals surface area (Å²) in [6, 6.07) is 5.52. The maximum atomic E-state index is 13.3. The van der Waals surface area contributed by atoms with Crippen molar-refractivity contribution >= 4 is 22.6 Å². The Labute approximate surface area is 151 Å². The number of nitrogens with zero attached hydrogens (tertiary/aromatic N) is 1. The van der Waals surface area contributed by atoms with E-state index in [9.17, 15) is 9.59 Å². The minimum Gasteiger partial charge on any atom is -0.497 e. The molecule has 2 N–H and O–H groups in total. The van der Waals surface area contributed by atoms with Crippen molar-refractivity contribution in [3.05, 3.63) is 30.0 Å². The molecule has 1 fully saturated rings. The summed E-state index contributed by atoms with van der Waals surface area (Å²) in [5.41, 5.74) is 6.77. The van der Waals surface area contributed by atoms with Gasteiger partial charge in [0, 0.05) is 11.3 Å². The lowest BCUT2D eigenvalue weighted by molar-refractivity contribution is -0.123. The van der Waals surface area contributed by atoms with Gasteiger partial charge in [-0.2, -0.15) is 0 Å². The summed E-state index contributed by atoms with van der Waals surface area (Å²) < 4.78 is 11.2. The molecule has 6 heteroatoms. The molecule has 0 spiro atoms. The van der Waals surface area contributed by atoms with Crippen molar-refractivity contribution in [3.8, 4) is 11.5 Å². The zero-order chi connectivity index (χ0) is 18.3. The van der Waals surface area contributed by atoms with Crippen LogP contribution in [0.15, 0.2) is 24.4 Å². The second kappa shape index (κ2) is 6.59. The van der Waals surface area contributed by atoms with E-state index in [0.29, 0.717) is 23.7 Å². The molecule has 4 rings (SSSR count). The molecule has 1 atom stereocenters. The van der Waals surface area contributed by atoms with Gasteiger partial charge < -0.3 is 15.2 Å². The number of hydrogen-bond donors (Lipinski definition) is 1. The van der Waals surface area contributed by atoms with Gasteiger partial charge in [0.15, 0.2) is 5.78 Å². The maximum absolute atomic E-state index is 13.3. The van der Waals surface area contributed by atoms with E-state index < -0.39 is 0 Å². The molecule has 2 aliphatic rings. The van der Waals surface area contributed by atoms with Crippen molar-refractivity contribution in [1.29, 1.82) is 0 Å². The number of carbonyl (C=O) groups excluding carboxylic acids is 2. The van der Waals surface area contributed by atoms with Crippen LogP contribution >= 0.6 is 0 Å². The fraction of sp³-hybridized carbons (Fsp3) is 0.450. The molecule has 0 bridgehead atoms. The van der Waals surface area contributed by atoms with Crippen molar-refractivity contribution < 1.29 is 19.1 Å². The molecule has 1 aliphatic heterocycles. The second-order valence-electron chi connectivity index (χ2n) is 7.18. The van der Waals surface area contributed by atoms with E-state index in [1.54, 1.807) is 13.3 Å². The van der Waals surface area contributed by atoms with Gasteiger partial charge in [0.25, 0.3) is 0 Å². The summed E-state index contributed by atoms with van der Waals surface area (Å²) in [4.78, 5) is 29.1. The summed E-state index contributed by atoms with van der Waals surface area (Å²) in [5.74, 6) is 1.07. The van der Waals surface area contributed by atoms with Crippen LogP contribution in [0.5, 0.6) is 11.5 Å². The summed E-state index contributed by atoms with van der Waals surface area (Å²) in [6.45, 7) is 0.370. The number of fused-ring (bicyclic) bond motifs is 3. The minimum atomic E-state index is -0.232. The Bertz CT molecular complexity index is 866. The molecule has 26 heavy (non-hydrogen) atoms. The van der Waals surface area contributed by atoms with Crippen LogP contribution < -0.4 is 15.2 Å². The van der Waals surface area contributed by atoms with Crippen LogP contribution in [0.2, 0.25) is 0 Å². The van der Waals surface area contributed by atoms with Gasteiger partial charge in [-0.05, 0) is 49.8 Å². The first kappa shape index (κ1) is 16.8. The van der Waals surface area contributed by atoms with Gasteiger partial charge in [-0.3, -0.25) is 14.6 Å². The smallest absolute Gasteiger partial charge is 0.220 e. The number of Topliss-reactive ketones (excluding diaryl/α,β-unsaturated/α-hetero) is 1. The Kier molecular flexibility index (Phi) is 4.26. The highest BCUT2D eigenvalue weighted by Gasteiger charge is 2.38. The van der Waals surface area contributed by atoms with Crippen molar-refractivity contribution in [1.82, 2.24) is 4.98 Å². The number of rotatable bonds is 3. The van der Waals surface area contributed by atoms with Crippen molar-refractivity contribution in [2.24, 2.45) is 23.5 Å². The third kappa shape index (κ3) is 2.79. The molecule has 2 aromatic rings. The Morgan fingerprint density at radius 2 is 2.04 bits per heavy atom. The fourth-order valence-corrected chi connectivity index (χ4v) is 4.24. The number of carbonyl (C=O) groups is 2. The first-order valence-corrected chi connectivity index (χ1v) is 9.01. The highest BCUT2D eigenvalue weighted by atomic mass is 16.5. The van der Waals surface area contributed by atoms with Gasteiger partial charge in [-0.15, -0.1) is 0 Å². The van der Waals surface area contributed by atoms with E-state index in [1.165, 1.54) is 0 Å². The molecular formula is C20H22N2O4. The van der Waals surface area contributed by atoms with Gasteiger partial charge in [0.2, 0.25) is 5.91 Å². The van der Waals surface area contributed by atoms with Crippen LogP contribution in [0, 0.1) is 17.8 Å². The predicted octanol–water partition coefficient (Wildman–Crippen LogP) is 2.73. The molecule has 2 heterocycles. The van der Waals surface area contributed by atoms with Crippen LogP contribution in [-0.4, -0.2) is 30.4 Å². The molecule has 1 aromatic carbocycles. The topological polar surface area (TPSA) is 91.5 Å². The molecule has 6 nitrogen and oxygen atoms in total. The molecular weight excluding hydrogens is 332 g/mol. The number of hydrogen-bond acceptors (Lipinski definition) is 5. The van der Waals surface area contributed by atoms with E-state index in [-0.39, 0.29) is 29.4 Å². The summed E-state index contributed by atoms with van der Waals surface area (Å²) in [7, 11) is 1.60. The fourth-order valence-electron chi connectivity index (χ4n) is 4.24.